The number of benzene rings is 1. The third-order valence-electron chi connectivity index (χ3n) is 6.24. The number of aromatic nitrogens is 3. The number of nitrogens with zero attached hydrogens (tertiary/aromatic N) is 4. The Kier molecular flexibility index (Phi) is 6.20. The molecule has 0 bridgehead atoms. The van der Waals surface area contributed by atoms with Crippen molar-refractivity contribution in [2.75, 3.05) is 18.9 Å². The molecule has 0 saturated carbocycles. The smallest absolute Gasteiger partial charge is 0.264 e. The summed E-state index contributed by atoms with van der Waals surface area (Å²) in [5, 5.41) is 8.18. The van der Waals surface area contributed by atoms with Gasteiger partial charge in [0.05, 0.1) is 11.2 Å². The highest BCUT2D eigenvalue weighted by Gasteiger charge is 2.26. The zero-order valence-electron chi connectivity index (χ0n) is 20.3. The van der Waals surface area contributed by atoms with Crippen molar-refractivity contribution in [2.24, 2.45) is 0 Å². The topological polar surface area (TPSA) is 92.3 Å². The Balaban J connectivity index is 1.52. The average Bonchev–Trinajstić information content (AvgIpc) is 3.14. The van der Waals surface area contributed by atoms with E-state index in [0.717, 1.165) is 32.2 Å². The number of fused-ring (bicyclic) bond motifs is 5. The van der Waals surface area contributed by atoms with E-state index in [4.69, 9.17) is 27.7 Å². The molecule has 0 aliphatic carbocycles. The van der Waals surface area contributed by atoms with Gasteiger partial charge in [0.2, 0.25) is 17.0 Å². The molecule has 0 unspecified atom stereocenters. The normalized spacial score (nSPS) is 15.8. The van der Waals surface area contributed by atoms with E-state index in [1.54, 1.807) is 12.3 Å². The maximum Gasteiger partial charge on any atom is 0.264 e. The van der Waals surface area contributed by atoms with E-state index in [1.165, 1.54) is 11.3 Å². The molecule has 1 atom stereocenters. The van der Waals surface area contributed by atoms with Crippen LogP contribution in [0, 0.1) is 12.3 Å². The van der Waals surface area contributed by atoms with Crippen LogP contribution >= 0.6 is 22.9 Å². The molecule has 3 aromatic heterocycles. The number of carbonyl (C=O) groups is 1. The Hall–Kier alpha value is -3.45. The number of halogens is 1. The molecule has 36 heavy (non-hydrogen) atoms. The van der Waals surface area contributed by atoms with Crippen LogP contribution in [-0.2, 0) is 6.54 Å². The highest BCUT2D eigenvalue weighted by molar-refractivity contribution is 7.21. The number of hydrogen-bond acceptors (Lipinski definition) is 8. The zero-order chi connectivity index (χ0) is 25.6. The fourth-order valence-electron chi connectivity index (χ4n) is 3.91. The van der Waals surface area contributed by atoms with Crippen molar-refractivity contribution in [3.63, 3.8) is 0 Å². The van der Waals surface area contributed by atoms with Crippen molar-refractivity contribution in [1.82, 2.24) is 25.2 Å². The number of rotatable bonds is 4. The van der Waals surface area contributed by atoms with Gasteiger partial charge in [0.15, 0.2) is 0 Å². The van der Waals surface area contributed by atoms with Crippen LogP contribution < -0.4 is 15.4 Å². The highest BCUT2D eigenvalue weighted by Crippen LogP contribution is 2.41. The number of carbonyl (C=O) groups excluding carboxylic acids is 1. The third-order valence-corrected chi connectivity index (χ3v) is 7.58. The van der Waals surface area contributed by atoms with E-state index in [0.29, 0.717) is 29.7 Å². The second kappa shape index (κ2) is 9.21. The summed E-state index contributed by atoms with van der Waals surface area (Å²) in [6.07, 6.45) is 7.22. The number of pyridine rings is 1. The Morgan fingerprint density at radius 3 is 2.83 bits per heavy atom. The summed E-state index contributed by atoms with van der Waals surface area (Å²) < 4.78 is 7.10. The predicted molar refractivity (Wildman–Crippen MR) is 144 cm³/mol. The van der Waals surface area contributed by atoms with Gasteiger partial charge in [-0.1, -0.05) is 5.92 Å². The number of nitrogens with one attached hydrogen (secondary N) is 2. The molecule has 2 N–H and O–H groups in total. The maximum atomic E-state index is 12.7. The molecule has 1 aromatic carbocycles. The summed E-state index contributed by atoms with van der Waals surface area (Å²) in [6.45, 7) is 7.43. The van der Waals surface area contributed by atoms with Gasteiger partial charge in [0.25, 0.3) is 5.91 Å². The average molecular weight is 521 g/mol. The van der Waals surface area contributed by atoms with Crippen LogP contribution in [-0.4, -0.2) is 50.9 Å². The van der Waals surface area contributed by atoms with Crippen molar-refractivity contribution in [2.45, 2.75) is 38.9 Å². The number of amides is 1. The summed E-state index contributed by atoms with van der Waals surface area (Å²) in [5.41, 5.74) is 2.26. The SMILES string of the molecule is C#C[C@@H]1CNc2c(sc3ccc4nc(Oc5nc(Cl)ncc5CN(C)C(C)(C)C)ccc4c23)C(=O)N1. The third kappa shape index (κ3) is 4.55. The molecule has 4 heterocycles. The lowest BCUT2D eigenvalue weighted by molar-refractivity contribution is 0.0954. The van der Waals surface area contributed by atoms with Gasteiger partial charge in [-0.3, -0.25) is 9.69 Å². The Morgan fingerprint density at radius 2 is 2.08 bits per heavy atom. The van der Waals surface area contributed by atoms with E-state index in [1.807, 2.05) is 25.2 Å². The lowest BCUT2D eigenvalue weighted by Crippen LogP contribution is -2.37. The van der Waals surface area contributed by atoms with Gasteiger partial charge in [-0.15, -0.1) is 17.8 Å². The molecule has 1 amide bonds. The minimum absolute atomic E-state index is 0.0484. The van der Waals surface area contributed by atoms with Crippen molar-refractivity contribution >= 4 is 55.5 Å². The largest absolute Gasteiger partial charge is 0.420 e. The molecule has 5 rings (SSSR count). The lowest BCUT2D eigenvalue weighted by atomic mass is 10.1. The number of ether oxygens (including phenoxy) is 1. The van der Waals surface area contributed by atoms with Crippen LogP contribution in [0.4, 0.5) is 5.69 Å². The number of terminal acetylenes is 1. The Bertz CT molecular complexity index is 1540. The van der Waals surface area contributed by atoms with Crippen molar-refractivity contribution < 1.29 is 9.53 Å². The number of thiophene rings is 1. The summed E-state index contributed by atoms with van der Waals surface area (Å²) >= 11 is 7.51. The van der Waals surface area contributed by atoms with Crippen LogP contribution in [0.1, 0.15) is 36.0 Å². The monoisotopic (exact) mass is 520 g/mol. The molecule has 8 nitrogen and oxygen atoms in total. The second-order valence-corrected chi connectivity index (χ2v) is 11.0. The van der Waals surface area contributed by atoms with Gasteiger partial charge in [0.1, 0.15) is 10.9 Å². The van der Waals surface area contributed by atoms with Gasteiger partial charge >= 0.3 is 0 Å². The zero-order valence-corrected chi connectivity index (χ0v) is 21.9. The first-order valence-corrected chi connectivity index (χ1v) is 12.6. The van der Waals surface area contributed by atoms with Gasteiger partial charge < -0.3 is 15.4 Å². The minimum Gasteiger partial charge on any atom is -0.420 e. The first-order valence-electron chi connectivity index (χ1n) is 11.4. The van der Waals surface area contributed by atoms with Gasteiger partial charge in [0, 0.05) is 51.9 Å². The van der Waals surface area contributed by atoms with Crippen LogP contribution in [0.25, 0.3) is 21.0 Å². The molecule has 10 heteroatoms. The number of hydrogen-bond donors (Lipinski definition) is 2. The number of anilines is 1. The molecular formula is C26H25ClN6O2S. The van der Waals surface area contributed by atoms with Crippen molar-refractivity contribution in [1.29, 1.82) is 0 Å². The van der Waals surface area contributed by atoms with Crippen molar-refractivity contribution in [3.05, 3.63) is 46.2 Å². The summed E-state index contributed by atoms with van der Waals surface area (Å²) in [7, 11) is 2.03. The summed E-state index contributed by atoms with van der Waals surface area (Å²) in [6, 6.07) is 7.25. The molecule has 4 aromatic rings. The van der Waals surface area contributed by atoms with E-state index < -0.39 is 0 Å². The van der Waals surface area contributed by atoms with E-state index in [2.05, 4.69) is 52.2 Å². The first kappa shape index (κ1) is 24.3. The quantitative estimate of drug-likeness (QED) is 0.286. The molecule has 184 valence electrons. The molecule has 1 aliphatic heterocycles. The molecule has 1 aliphatic rings. The van der Waals surface area contributed by atoms with E-state index in [9.17, 15) is 4.79 Å². The highest BCUT2D eigenvalue weighted by atomic mass is 35.5. The van der Waals surface area contributed by atoms with Gasteiger partial charge in [-0.2, -0.15) is 4.98 Å². The molecule has 0 saturated heterocycles. The van der Waals surface area contributed by atoms with Crippen LogP contribution in [0.2, 0.25) is 5.28 Å². The van der Waals surface area contributed by atoms with Crippen LogP contribution in [0.5, 0.6) is 11.8 Å². The predicted octanol–water partition coefficient (Wildman–Crippen LogP) is 5.07. The molecule has 0 fully saturated rings. The van der Waals surface area contributed by atoms with Gasteiger partial charge in [-0.05, 0) is 57.6 Å². The lowest BCUT2D eigenvalue weighted by Gasteiger charge is -2.31. The van der Waals surface area contributed by atoms with E-state index in [-0.39, 0.29) is 22.8 Å². The summed E-state index contributed by atoms with van der Waals surface area (Å²) in [5.74, 6) is 3.18. The van der Waals surface area contributed by atoms with E-state index >= 15 is 0 Å². The first-order chi connectivity index (χ1) is 17.1. The molecule has 0 radical (unpaired) electrons. The molecular weight excluding hydrogens is 496 g/mol. The fraction of sp³-hybridized carbons (Fsp3) is 0.308. The van der Waals surface area contributed by atoms with Crippen LogP contribution in [0.15, 0.2) is 30.5 Å². The second-order valence-electron chi connectivity index (χ2n) is 9.63. The maximum absolute atomic E-state index is 12.7. The molecule has 0 spiro atoms. The van der Waals surface area contributed by atoms with Crippen LogP contribution in [0.3, 0.4) is 0 Å². The standard InChI is InChI=1S/C26H25ClN6O2S/c1-6-15-12-28-21-20-16-7-10-19(31-17(16)8-9-18(20)36-22(21)23(34)30-15)35-24-14(11-29-25(27)32-24)13-33(5)26(2,3)4/h1,7-11,15,28H,12-13H2,2-5H3,(H,30,34)/t15-/m1/s1. The van der Waals surface area contributed by atoms with Crippen molar-refractivity contribution in [3.8, 4) is 24.1 Å². The fourth-order valence-corrected chi connectivity index (χ4v) is 5.13. The minimum atomic E-state index is -0.369. The Labute approximate surface area is 218 Å². The summed E-state index contributed by atoms with van der Waals surface area (Å²) in [4.78, 5) is 28.7. The Morgan fingerprint density at radius 1 is 1.28 bits per heavy atom. The van der Waals surface area contributed by atoms with Gasteiger partial charge in [-0.25, -0.2) is 9.97 Å².